The predicted molar refractivity (Wildman–Crippen MR) is 53.7 cm³/mol. The van der Waals surface area contributed by atoms with Gasteiger partial charge in [0.05, 0.1) is 0 Å². The van der Waals surface area contributed by atoms with Crippen LogP contribution in [0.1, 0.15) is 24.4 Å². The van der Waals surface area contributed by atoms with Crippen LogP contribution >= 0.6 is 12.6 Å². The van der Waals surface area contributed by atoms with E-state index in [1.54, 1.807) is 0 Å². The Kier molecular flexibility index (Phi) is 2.38. The second kappa shape index (κ2) is 3.50. The molecule has 1 saturated heterocycles. The van der Waals surface area contributed by atoms with Gasteiger partial charge in [0, 0.05) is 10.9 Å². The third-order valence-corrected chi connectivity index (χ3v) is 2.61. The minimum atomic E-state index is 0.567. The van der Waals surface area contributed by atoms with Gasteiger partial charge in [-0.25, -0.2) is 0 Å². The summed E-state index contributed by atoms with van der Waals surface area (Å²) in [6, 6.07) is 8.96. The first-order valence-electron chi connectivity index (χ1n) is 4.38. The molecular weight excluding hydrogens is 166 g/mol. The van der Waals surface area contributed by atoms with Gasteiger partial charge in [0.1, 0.15) is 0 Å². The van der Waals surface area contributed by atoms with E-state index in [-0.39, 0.29) is 0 Å². The zero-order chi connectivity index (χ0) is 8.39. The predicted octanol–water partition coefficient (Wildman–Crippen LogP) is 2.40. The SMILES string of the molecule is Sc1cccc(C2CCCN2)c1. The van der Waals surface area contributed by atoms with Crippen molar-refractivity contribution in [3.05, 3.63) is 29.8 Å². The van der Waals surface area contributed by atoms with E-state index in [2.05, 4.69) is 36.1 Å². The van der Waals surface area contributed by atoms with Crippen LogP contribution in [0.5, 0.6) is 0 Å². The number of nitrogens with one attached hydrogen (secondary N) is 1. The molecule has 64 valence electrons. The molecule has 0 spiro atoms. The Morgan fingerprint density at radius 3 is 3.00 bits per heavy atom. The molecular formula is C10H13NS. The van der Waals surface area contributed by atoms with Gasteiger partial charge in [0.2, 0.25) is 0 Å². The average molecular weight is 179 g/mol. The normalized spacial score (nSPS) is 22.9. The topological polar surface area (TPSA) is 12.0 Å². The second-order valence-corrected chi connectivity index (χ2v) is 3.76. The van der Waals surface area contributed by atoms with E-state index in [9.17, 15) is 0 Å². The maximum absolute atomic E-state index is 4.32. The van der Waals surface area contributed by atoms with Gasteiger partial charge in [-0.1, -0.05) is 12.1 Å². The van der Waals surface area contributed by atoms with E-state index in [4.69, 9.17) is 0 Å². The largest absolute Gasteiger partial charge is 0.310 e. The fraction of sp³-hybridized carbons (Fsp3) is 0.400. The highest BCUT2D eigenvalue weighted by molar-refractivity contribution is 7.80. The molecule has 1 unspecified atom stereocenters. The number of benzene rings is 1. The number of rotatable bonds is 1. The third-order valence-electron chi connectivity index (χ3n) is 2.33. The van der Waals surface area contributed by atoms with Crippen LogP contribution in [0.25, 0.3) is 0 Å². The summed E-state index contributed by atoms with van der Waals surface area (Å²) in [6.45, 7) is 1.15. The Morgan fingerprint density at radius 1 is 1.42 bits per heavy atom. The summed E-state index contributed by atoms with van der Waals surface area (Å²) in [5.41, 5.74) is 1.38. The van der Waals surface area contributed by atoms with Crippen LogP contribution in [0.2, 0.25) is 0 Å². The number of thiol groups is 1. The third kappa shape index (κ3) is 1.65. The zero-order valence-corrected chi connectivity index (χ0v) is 7.85. The van der Waals surface area contributed by atoms with Crippen LogP contribution in [-0.2, 0) is 0 Å². The summed E-state index contributed by atoms with van der Waals surface area (Å²) in [5.74, 6) is 0. The van der Waals surface area contributed by atoms with E-state index in [0.29, 0.717) is 6.04 Å². The van der Waals surface area contributed by atoms with E-state index < -0.39 is 0 Å². The van der Waals surface area contributed by atoms with Crippen LogP contribution in [0.15, 0.2) is 29.2 Å². The standard InChI is InChI=1S/C10H13NS/c12-9-4-1-3-8(7-9)10-5-2-6-11-10/h1,3-4,7,10-12H,2,5-6H2. The average Bonchev–Trinajstić information content (AvgIpc) is 2.56. The van der Waals surface area contributed by atoms with Crippen LogP contribution < -0.4 is 5.32 Å². The van der Waals surface area contributed by atoms with E-state index >= 15 is 0 Å². The van der Waals surface area contributed by atoms with Gasteiger partial charge in [0.15, 0.2) is 0 Å². The molecule has 12 heavy (non-hydrogen) atoms. The van der Waals surface area contributed by atoms with Crippen molar-refractivity contribution < 1.29 is 0 Å². The summed E-state index contributed by atoms with van der Waals surface area (Å²) in [7, 11) is 0. The summed E-state index contributed by atoms with van der Waals surface area (Å²) < 4.78 is 0. The van der Waals surface area contributed by atoms with Gasteiger partial charge in [-0.15, -0.1) is 12.6 Å². The van der Waals surface area contributed by atoms with Gasteiger partial charge in [-0.05, 0) is 37.1 Å². The molecule has 0 aromatic heterocycles. The van der Waals surface area contributed by atoms with E-state index in [0.717, 1.165) is 11.4 Å². The van der Waals surface area contributed by atoms with Gasteiger partial charge >= 0.3 is 0 Å². The van der Waals surface area contributed by atoms with Crippen molar-refractivity contribution in [2.24, 2.45) is 0 Å². The molecule has 1 atom stereocenters. The first kappa shape index (κ1) is 8.14. The summed E-state index contributed by atoms with van der Waals surface area (Å²) in [5, 5.41) is 3.47. The van der Waals surface area contributed by atoms with Crippen LogP contribution in [0.3, 0.4) is 0 Å². The highest BCUT2D eigenvalue weighted by atomic mass is 32.1. The minimum absolute atomic E-state index is 0.567. The van der Waals surface area contributed by atoms with Crippen molar-refractivity contribution in [3.8, 4) is 0 Å². The Hall–Kier alpha value is -0.470. The molecule has 0 aliphatic carbocycles. The van der Waals surface area contributed by atoms with Crippen molar-refractivity contribution >= 4 is 12.6 Å². The Morgan fingerprint density at radius 2 is 2.33 bits per heavy atom. The van der Waals surface area contributed by atoms with Crippen LogP contribution in [-0.4, -0.2) is 6.54 Å². The highest BCUT2D eigenvalue weighted by Crippen LogP contribution is 2.24. The van der Waals surface area contributed by atoms with Crippen molar-refractivity contribution in [3.63, 3.8) is 0 Å². The maximum Gasteiger partial charge on any atom is 0.0321 e. The van der Waals surface area contributed by atoms with Gasteiger partial charge in [0.25, 0.3) is 0 Å². The smallest absolute Gasteiger partial charge is 0.0321 e. The Balaban J connectivity index is 2.21. The molecule has 1 aliphatic rings. The van der Waals surface area contributed by atoms with Crippen molar-refractivity contribution in [1.82, 2.24) is 5.32 Å². The second-order valence-electron chi connectivity index (χ2n) is 3.24. The van der Waals surface area contributed by atoms with Gasteiger partial charge < -0.3 is 5.32 Å². The summed E-state index contributed by atoms with van der Waals surface area (Å²) in [6.07, 6.45) is 2.55. The molecule has 1 heterocycles. The lowest BCUT2D eigenvalue weighted by Gasteiger charge is -2.10. The first-order valence-corrected chi connectivity index (χ1v) is 4.83. The summed E-state index contributed by atoms with van der Waals surface area (Å²) in [4.78, 5) is 1.06. The monoisotopic (exact) mass is 179 g/mol. The molecule has 2 rings (SSSR count). The van der Waals surface area contributed by atoms with Gasteiger partial charge in [-0.2, -0.15) is 0 Å². The molecule has 1 aromatic rings. The molecule has 1 nitrogen and oxygen atoms in total. The van der Waals surface area contributed by atoms with Crippen molar-refractivity contribution in [1.29, 1.82) is 0 Å². The molecule has 1 aromatic carbocycles. The molecule has 0 bridgehead atoms. The fourth-order valence-corrected chi connectivity index (χ4v) is 1.95. The van der Waals surface area contributed by atoms with Crippen molar-refractivity contribution in [2.75, 3.05) is 6.54 Å². The van der Waals surface area contributed by atoms with Crippen LogP contribution in [0, 0.1) is 0 Å². The molecule has 0 amide bonds. The lowest BCUT2D eigenvalue weighted by atomic mass is 10.1. The number of hydrogen-bond donors (Lipinski definition) is 2. The van der Waals surface area contributed by atoms with Crippen molar-refractivity contribution in [2.45, 2.75) is 23.8 Å². The minimum Gasteiger partial charge on any atom is -0.310 e. The first-order chi connectivity index (χ1) is 5.86. The molecule has 1 N–H and O–H groups in total. The molecule has 0 radical (unpaired) electrons. The lowest BCUT2D eigenvalue weighted by molar-refractivity contribution is 0.646. The maximum atomic E-state index is 4.32. The molecule has 1 aliphatic heterocycles. The quantitative estimate of drug-likeness (QED) is 0.631. The fourth-order valence-electron chi connectivity index (χ4n) is 1.71. The van der Waals surface area contributed by atoms with E-state index in [1.807, 2.05) is 6.07 Å². The number of hydrogen-bond acceptors (Lipinski definition) is 2. The molecule has 1 fully saturated rings. The Labute approximate surface area is 78.6 Å². The molecule has 0 saturated carbocycles. The Bertz CT molecular complexity index is 266. The lowest BCUT2D eigenvalue weighted by Crippen LogP contribution is -2.12. The van der Waals surface area contributed by atoms with Crippen LogP contribution in [0.4, 0.5) is 0 Å². The van der Waals surface area contributed by atoms with Gasteiger partial charge in [-0.3, -0.25) is 0 Å². The van der Waals surface area contributed by atoms with E-state index in [1.165, 1.54) is 18.4 Å². The molecule has 2 heteroatoms. The summed E-state index contributed by atoms with van der Waals surface area (Å²) >= 11 is 4.32. The highest BCUT2D eigenvalue weighted by Gasteiger charge is 2.15. The zero-order valence-electron chi connectivity index (χ0n) is 6.96.